The third-order valence-electron chi connectivity index (χ3n) is 2.22. The lowest BCUT2D eigenvalue weighted by Gasteiger charge is -2.07. The Morgan fingerprint density at radius 1 is 1.47 bits per heavy atom. The van der Waals surface area contributed by atoms with Crippen LogP contribution in [0.3, 0.4) is 0 Å². The first-order valence-corrected chi connectivity index (χ1v) is 4.69. The Balaban J connectivity index is 2.64. The van der Waals surface area contributed by atoms with E-state index in [4.69, 9.17) is 20.3 Å². The number of nitrogens with two attached hydrogens (primary N) is 1. The van der Waals surface area contributed by atoms with Crippen molar-refractivity contribution in [2.45, 2.75) is 0 Å². The number of phenolic OH excluding ortho intramolecular Hbond substituents is 1. The molecule has 0 fully saturated rings. The van der Waals surface area contributed by atoms with Crippen LogP contribution in [0, 0.1) is 11.3 Å². The largest absolute Gasteiger partial charge is 0.504 e. The zero-order chi connectivity index (χ0) is 12.4. The molecule has 1 aromatic carbocycles. The molecular weight excluding hydrogens is 222 g/mol. The number of hydrogen-bond donors (Lipinski definition) is 2. The topological polar surface area (TPSA) is 105 Å². The van der Waals surface area contributed by atoms with Gasteiger partial charge in [0.25, 0.3) is 0 Å². The summed E-state index contributed by atoms with van der Waals surface area (Å²) in [5.41, 5.74) is 6.07. The fourth-order valence-corrected chi connectivity index (χ4v) is 1.43. The second kappa shape index (κ2) is 4.06. The number of methoxy groups -OCH3 is 1. The van der Waals surface area contributed by atoms with Crippen molar-refractivity contribution in [1.82, 2.24) is 5.16 Å². The Morgan fingerprint density at radius 2 is 2.24 bits per heavy atom. The number of aromatic hydroxyl groups is 1. The van der Waals surface area contributed by atoms with Crippen LogP contribution in [0.15, 0.2) is 22.7 Å². The van der Waals surface area contributed by atoms with Crippen LogP contribution in [0.5, 0.6) is 11.5 Å². The van der Waals surface area contributed by atoms with Crippen molar-refractivity contribution in [2.75, 3.05) is 12.8 Å². The first-order chi connectivity index (χ1) is 8.15. The Hall–Kier alpha value is -2.68. The molecule has 2 aromatic rings. The number of rotatable bonds is 2. The molecule has 0 atom stereocenters. The van der Waals surface area contributed by atoms with Gasteiger partial charge in [0.15, 0.2) is 23.1 Å². The van der Waals surface area contributed by atoms with Crippen molar-refractivity contribution < 1.29 is 14.4 Å². The van der Waals surface area contributed by atoms with Gasteiger partial charge in [-0.1, -0.05) is 5.16 Å². The highest BCUT2D eigenvalue weighted by Gasteiger charge is 2.15. The SMILES string of the molecule is COc1cc(C#N)cc(-c2cc(N)no2)c1O. The van der Waals surface area contributed by atoms with E-state index in [1.54, 1.807) is 0 Å². The Labute approximate surface area is 96.8 Å². The van der Waals surface area contributed by atoms with E-state index in [2.05, 4.69) is 5.16 Å². The smallest absolute Gasteiger partial charge is 0.172 e. The lowest BCUT2D eigenvalue weighted by atomic mass is 10.1. The van der Waals surface area contributed by atoms with Crippen molar-refractivity contribution in [1.29, 1.82) is 5.26 Å². The molecule has 0 saturated heterocycles. The monoisotopic (exact) mass is 231 g/mol. The van der Waals surface area contributed by atoms with Gasteiger partial charge in [-0.3, -0.25) is 0 Å². The minimum atomic E-state index is -0.123. The molecular formula is C11H9N3O3. The predicted molar refractivity (Wildman–Crippen MR) is 59.3 cm³/mol. The molecule has 0 unspecified atom stereocenters. The zero-order valence-electron chi connectivity index (χ0n) is 8.97. The van der Waals surface area contributed by atoms with Crippen LogP contribution in [0.1, 0.15) is 5.56 Å². The van der Waals surface area contributed by atoms with Crippen molar-refractivity contribution in [3.05, 3.63) is 23.8 Å². The number of aromatic nitrogens is 1. The van der Waals surface area contributed by atoms with Gasteiger partial charge in [-0.05, 0) is 6.07 Å². The quantitative estimate of drug-likeness (QED) is 0.811. The highest BCUT2D eigenvalue weighted by atomic mass is 16.5. The van der Waals surface area contributed by atoms with Gasteiger partial charge < -0.3 is 20.1 Å². The van der Waals surface area contributed by atoms with Crippen LogP contribution >= 0.6 is 0 Å². The summed E-state index contributed by atoms with van der Waals surface area (Å²) < 4.78 is 9.89. The summed E-state index contributed by atoms with van der Waals surface area (Å²) in [6.45, 7) is 0. The van der Waals surface area contributed by atoms with Crippen molar-refractivity contribution in [3.63, 3.8) is 0 Å². The Bertz CT molecular complexity index is 598. The second-order valence-corrected chi connectivity index (χ2v) is 3.30. The molecule has 2 rings (SSSR count). The van der Waals surface area contributed by atoms with Crippen LogP contribution in [0.4, 0.5) is 5.82 Å². The van der Waals surface area contributed by atoms with E-state index >= 15 is 0 Å². The number of anilines is 1. The Kier molecular flexibility index (Phi) is 2.58. The van der Waals surface area contributed by atoms with Crippen molar-refractivity contribution in [2.24, 2.45) is 0 Å². The van der Waals surface area contributed by atoms with Gasteiger partial charge in [-0.15, -0.1) is 0 Å². The average Bonchev–Trinajstić information content (AvgIpc) is 2.76. The number of ether oxygens (including phenoxy) is 1. The normalized spacial score (nSPS) is 9.88. The first-order valence-electron chi connectivity index (χ1n) is 4.69. The summed E-state index contributed by atoms with van der Waals surface area (Å²) in [5.74, 6) is 0.535. The van der Waals surface area contributed by atoms with Crippen LogP contribution in [-0.4, -0.2) is 17.4 Å². The predicted octanol–water partition coefficient (Wildman–Crippen LogP) is 1.51. The molecule has 0 spiro atoms. The molecule has 0 aliphatic heterocycles. The van der Waals surface area contributed by atoms with Gasteiger partial charge in [0, 0.05) is 12.1 Å². The van der Waals surface area contributed by atoms with Crippen LogP contribution in [0.25, 0.3) is 11.3 Å². The van der Waals surface area contributed by atoms with Gasteiger partial charge in [0.05, 0.1) is 24.3 Å². The van der Waals surface area contributed by atoms with E-state index in [1.165, 1.54) is 25.3 Å². The molecule has 6 heteroatoms. The summed E-state index contributed by atoms with van der Waals surface area (Å²) in [6, 6.07) is 6.31. The van der Waals surface area contributed by atoms with E-state index < -0.39 is 0 Å². The number of nitrogen functional groups attached to an aromatic ring is 1. The summed E-state index contributed by atoms with van der Waals surface area (Å²) >= 11 is 0. The molecule has 86 valence electrons. The average molecular weight is 231 g/mol. The molecule has 0 saturated carbocycles. The maximum Gasteiger partial charge on any atom is 0.172 e. The molecule has 0 radical (unpaired) electrons. The van der Waals surface area contributed by atoms with Gasteiger partial charge in [0.2, 0.25) is 0 Å². The van der Waals surface area contributed by atoms with E-state index in [9.17, 15) is 5.11 Å². The molecule has 1 heterocycles. The molecule has 0 aliphatic rings. The minimum absolute atomic E-state index is 0.123. The molecule has 3 N–H and O–H groups in total. The molecule has 0 bridgehead atoms. The molecule has 0 aliphatic carbocycles. The van der Waals surface area contributed by atoms with E-state index in [0.717, 1.165) is 0 Å². The standard InChI is InChI=1S/C11H9N3O3/c1-16-9-3-6(5-12)2-7(11(9)15)8-4-10(13)14-17-8/h2-4,15H,1H3,(H2,13,14). The summed E-state index contributed by atoms with van der Waals surface area (Å²) in [5, 5.41) is 22.3. The van der Waals surface area contributed by atoms with Crippen LogP contribution in [0.2, 0.25) is 0 Å². The Morgan fingerprint density at radius 3 is 2.76 bits per heavy atom. The molecule has 0 amide bonds. The fourth-order valence-electron chi connectivity index (χ4n) is 1.43. The van der Waals surface area contributed by atoms with E-state index in [1.807, 2.05) is 6.07 Å². The maximum absolute atomic E-state index is 9.91. The first kappa shape index (κ1) is 10.8. The molecule has 17 heavy (non-hydrogen) atoms. The highest BCUT2D eigenvalue weighted by Crippen LogP contribution is 2.38. The number of hydrogen-bond acceptors (Lipinski definition) is 6. The molecule has 6 nitrogen and oxygen atoms in total. The number of nitriles is 1. The van der Waals surface area contributed by atoms with Crippen LogP contribution in [-0.2, 0) is 0 Å². The van der Waals surface area contributed by atoms with E-state index in [-0.39, 0.29) is 23.1 Å². The fraction of sp³-hybridized carbons (Fsp3) is 0.0909. The van der Waals surface area contributed by atoms with E-state index in [0.29, 0.717) is 11.1 Å². The summed E-state index contributed by atoms with van der Waals surface area (Å²) in [4.78, 5) is 0. The van der Waals surface area contributed by atoms with Gasteiger partial charge in [-0.2, -0.15) is 5.26 Å². The third-order valence-corrected chi connectivity index (χ3v) is 2.22. The number of nitrogens with zero attached hydrogens (tertiary/aromatic N) is 2. The summed E-state index contributed by atoms with van der Waals surface area (Å²) in [6.07, 6.45) is 0. The second-order valence-electron chi connectivity index (χ2n) is 3.30. The lowest BCUT2D eigenvalue weighted by Crippen LogP contribution is -1.88. The van der Waals surface area contributed by atoms with Crippen molar-refractivity contribution in [3.8, 4) is 28.9 Å². The van der Waals surface area contributed by atoms with Crippen LogP contribution < -0.4 is 10.5 Å². The zero-order valence-corrected chi connectivity index (χ0v) is 8.97. The highest BCUT2D eigenvalue weighted by molar-refractivity contribution is 5.72. The maximum atomic E-state index is 9.91. The third kappa shape index (κ3) is 1.86. The summed E-state index contributed by atoms with van der Waals surface area (Å²) in [7, 11) is 1.40. The van der Waals surface area contributed by atoms with Gasteiger partial charge in [0.1, 0.15) is 0 Å². The van der Waals surface area contributed by atoms with Gasteiger partial charge in [-0.25, -0.2) is 0 Å². The number of benzene rings is 1. The van der Waals surface area contributed by atoms with Crippen molar-refractivity contribution >= 4 is 5.82 Å². The van der Waals surface area contributed by atoms with Gasteiger partial charge >= 0.3 is 0 Å². The lowest BCUT2D eigenvalue weighted by molar-refractivity contribution is 0.372. The molecule has 1 aromatic heterocycles. The minimum Gasteiger partial charge on any atom is -0.504 e. The number of phenols is 1.